The molecule has 2 aliphatic heterocycles. The lowest BCUT2D eigenvalue weighted by Gasteiger charge is -2.32. The highest BCUT2D eigenvalue weighted by atomic mass is 35.5. The zero-order valence-electron chi connectivity index (χ0n) is 22.3. The standard InChI is InChI=1S/C29H35Cl2N7O2/c30-23-9-7-20(14-24(23)31)16-33-28(39)25(10-11-27-34-18-35-36-27)37-13-12-22(8-6-19-4-2-1-3-5-19)38-17-21(32)15-26(38)29(37)40/h1-5,7,9,14,18,21-22,25-26H,6,8,10-13,15-17,32H2,(H,33,39)(H,34,35,36). The van der Waals surface area contributed by atoms with E-state index in [1.165, 1.54) is 11.9 Å². The number of hydrogen-bond acceptors (Lipinski definition) is 6. The van der Waals surface area contributed by atoms with Gasteiger partial charge in [-0.05, 0) is 55.4 Å². The van der Waals surface area contributed by atoms with E-state index in [1.54, 1.807) is 17.0 Å². The molecule has 4 unspecified atom stereocenters. The Morgan fingerprint density at radius 1 is 1.12 bits per heavy atom. The zero-order valence-corrected chi connectivity index (χ0v) is 23.8. The normalized spacial score (nSPS) is 22.1. The molecule has 3 aromatic rings. The highest BCUT2D eigenvalue weighted by molar-refractivity contribution is 6.42. The van der Waals surface area contributed by atoms with Gasteiger partial charge in [-0.25, -0.2) is 4.98 Å². The molecule has 9 nitrogen and oxygen atoms in total. The number of amides is 2. The van der Waals surface area contributed by atoms with Crippen molar-refractivity contribution in [2.75, 3.05) is 13.1 Å². The summed E-state index contributed by atoms with van der Waals surface area (Å²) in [5.74, 6) is 0.438. The number of nitrogens with two attached hydrogens (primary N) is 1. The predicted octanol–water partition coefficient (Wildman–Crippen LogP) is 3.36. The lowest BCUT2D eigenvalue weighted by atomic mass is 10.0. The summed E-state index contributed by atoms with van der Waals surface area (Å²) < 4.78 is 0. The monoisotopic (exact) mass is 583 g/mol. The van der Waals surface area contributed by atoms with Crippen molar-refractivity contribution < 1.29 is 9.59 Å². The van der Waals surface area contributed by atoms with E-state index < -0.39 is 6.04 Å². The van der Waals surface area contributed by atoms with E-state index in [2.05, 4.69) is 49.7 Å². The van der Waals surface area contributed by atoms with Gasteiger partial charge in [-0.3, -0.25) is 19.6 Å². The van der Waals surface area contributed by atoms with E-state index in [0.29, 0.717) is 48.2 Å². The predicted molar refractivity (Wildman–Crippen MR) is 155 cm³/mol. The van der Waals surface area contributed by atoms with Gasteiger partial charge in [0.05, 0.1) is 16.1 Å². The number of fused-ring (bicyclic) bond motifs is 1. The van der Waals surface area contributed by atoms with Gasteiger partial charge in [-0.2, -0.15) is 5.10 Å². The molecule has 0 spiro atoms. The number of aromatic nitrogens is 3. The topological polar surface area (TPSA) is 120 Å². The Labute approximate surface area is 244 Å². The molecule has 4 atom stereocenters. The first kappa shape index (κ1) is 28.5. The van der Waals surface area contributed by atoms with Crippen LogP contribution in [0.1, 0.15) is 42.6 Å². The minimum Gasteiger partial charge on any atom is -0.350 e. The fourth-order valence-electron chi connectivity index (χ4n) is 5.90. The maximum Gasteiger partial charge on any atom is 0.243 e. The van der Waals surface area contributed by atoms with Crippen molar-refractivity contribution >= 4 is 35.0 Å². The zero-order chi connectivity index (χ0) is 28.1. The summed E-state index contributed by atoms with van der Waals surface area (Å²) in [6, 6.07) is 14.8. The first-order chi connectivity index (χ1) is 19.4. The van der Waals surface area contributed by atoms with E-state index in [4.69, 9.17) is 28.9 Å². The molecule has 2 saturated heterocycles. The minimum absolute atomic E-state index is 0.0255. The average Bonchev–Trinajstić information content (AvgIpc) is 3.60. The van der Waals surface area contributed by atoms with Gasteiger partial charge in [-0.15, -0.1) is 0 Å². The van der Waals surface area contributed by atoms with Gasteiger partial charge in [0.2, 0.25) is 11.8 Å². The summed E-state index contributed by atoms with van der Waals surface area (Å²) in [5, 5.41) is 10.7. The van der Waals surface area contributed by atoms with Crippen LogP contribution in [0.2, 0.25) is 10.0 Å². The number of carbonyl (C=O) groups excluding carboxylic acids is 2. The maximum absolute atomic E-state index is 14.0. The molecule has 5 rings (SSSR count). The van der Waals surface area contributed by atoms with E-state index in [9.17, 15) is 9.59 Å². The van der Waals surface area contributed by atoms with Crippen molar-refractivity contribution in [2.24, 2.45) is 5.73 Å². The Balaban J connectivity index is 1.34. The number of aryl methyl sites for hydroxylation is 2. The second kappa shape index (κ2) is 13.1. The van der Waals surface area contributed by atoms with Gasteiger partial charge in [0.15, 0.2) is 0 Å². The number of carbonyl (C=O) groups is 2. The third-order valence-corrected chi connectivity index (χ3v) is 8.71. The van der Waals surface area contributed by atoms with Crippen molar-refractivity contribution in [3.05, 3.63) is 81.9 Å². The number of benzene rings is 2. The first-order valence-electron chi connectivity index (χ1n) is 13.8. The molecule has 212 valence electrons. The quantitative estimate of drug-likeness (QED) is 0.336. The smallest absolute Gasteiger partial charge is 0.243 e. The highest BCUT2D eigenvalue weighted by Crippen LogP contribution is 2.30. The lowest BCUT2D eigenvalue weighted by Crippen LogP contribution is -2.53. The summed E-state index contributed by atoms with van der Waals surface area (Å²) in [6.07, 6.45) is 5.58. The van der Waals surface area contributed by atoms with E-state index >= 15 is 0 Å². The van der Waals surface area contributed by atoms with Crippen molar-refractivity contribution in [3.63, 3.8) is 0 Å². The Morgan fingerprint density at radius 2 is 1.95 bits per heavy atom. The summed E-state index contributed by atoms with van der Waals surface area (Å²) >= 11 is 12.2. The molecule has 0 bridgehead atoms. The van der Waals surface area contributed by atoms with Crippen LogP contribution in [0.4, 0.5) is 0 Å². The van der Waals surface area contributed by atoms with Gasteiger partial charge in [0, 0.05) is 38.1 Å². The number of nitrogens with one attached hydrogen (secondary N) is 2. The van der Waals surface area contributed by atoms with Crippen LogP contribution >= 0.6 is 23.2 Å². The number of nitrogens with zero attached hydrogens (tertiary/aromatic N) is 4. The SMILES string of the molecule is NC1CC2C(=O)N(C(CCc3ncn[nH]3)C(=O)NCc3ccc(Cl)c(Cl)c3)CCC(CCc3ccccc3)N2C1. The van der Waals surface area contributed by atoms with Gasteiger partial charge < -0.3 is 16.0 Å². The molecular weight excluding hydrogens is 549 g/mol. The van der Waals surface area contributed by atoms with Gasteiger partial charge >= 0.3 is 0 Å². The number of aromatic amines is 1. The first-order valence-corrected chi connectivity index (χ1v) is 14.6. The average molecular weight is 585 g/mol. The molecular formula is C29H35Cl2N7O2. The van der Waals surface area contributed by atoms with Crippen LogP contribution in [0.3, 0.4) is 0 Å². The second-order valence-electron chi connectivity index (χ2n) is 10.7. The molecule has 1 aromatic heterocycles. The number of halogens is 2. The Bertz CT molecular complexity index is 1290. The molecule has 0 aliphatic carbocycles. The minimum atomic E-state index is -0.660. The summed E-state index contributed by atoms with van der Waals surface area (Å²) in [5.41, 5.74) is 8.49. The molecule has 2 fully saturated rings. The number of rotatable bonds is 10. The van der Waals surface area contributed by atoms with Crippen LogP contribution in [-0.2, 0) is 29.0 Å². The number of H-pyrrole nitrogens is 1. The fourth-order valence-corrected chi connectivity index (χ4v) is 6.22. The van der Waals surface area contributed by atoms with Gasteiger partial charge in [-0.1, -0.05) is 59.6 Å². The Hall–Kier alpha value is -2.98. The van der Waals surface area contributed by atoms with Crippen LogP contribution in [-0.4, -0.2) is 74.1 Å². The summed E-state index contributed by atoms with van der Waals surface area (Å²) in [6.45, 7) is 1.47. The molecule has 2 aliphatic rings. The van der Waals surface area contributed by atoms with E-state index in [1.807, 2.05) is 12.1 Å². The molecule has 3 heterocycles. The van der Waals surface area contributed by atoms with E-state index in [-0.39, 0.29) is 36.5 Å². The molecule has 2 aromatic carbocycles. The van der Waals surface area contributed by atoms with Crippen molar-refractivity contribution in [1.82, 2.24) is 30.3 Å². The third kappa shape index (κ3) is 6.83. The Morgan fingerprint density at radius 3 is 2.70 bits per heavy atom. The van der Waals surface area contributed by atoms with Crippen LogP contribution in [0.25, 0.3) is 0 Å². The molecule has 2 amide bonds. The lowest BCUT2D eigenvalue weighted by molar-refractivity contribution is -0.143. The molecule has 0 saturated carbocycles. The van der Waals surface area contributed by atoms with Crippen molar-refractivity contribution in [3.8, 4) is 0 Å². The largest absolute Gasteiger partial charge is 0.350 e. The van der Waals surface area contributed by atoms with Gasteiger partial charge in [0.25, 0.3) is 0 Å². The van der Waals surface area contributed by atoms with E-state index in [0.717, 1.165) is 24.8 Å². The van der Waals surface area contributed by atoms with Crippen LogP contribution in [0.15, 0.2) is 54.9 Å². The second-order valence-corrected chi connectivity index (χ2v) is 11.5. The highest BCUT2D eigenvalue weighted by Gasteiger charge is 2.45. The van der Waals surface area contributed by atoms with Crippen LogP contribution in [0, 0.1) is 0 Å². The fraction of sp³-hybridized carbons (Fsp3) is 0.448. The third-order valence-electron chi connectivity index (χ3n) is 7.97. The number of hydrogen-bond donors (Lipinski definition) is 3. The molecule has 40 heavy (non-hydrogen) atoms. The van der Waals surface area contributed by atoms with Crippen LogP contribution in [0.5, 0.6) is 0 Å². The van der Waals surface area contributed by atoms with Crippen molar-refractivity contribution in [1.29, 1.82) is 0 Å². The summed E-state index contributed by atoms with van der Waals surface area (Å²) in [7, 11) is 0. The maximum atomic E-state index is 14.0. The van der Waals surface area contributed by atoms with Crippen molar-refractivity contribution in [2.45, 2.75) is 69.2 Å². The summed E-state index contributed by atoms with van der Waals surface area (Å²) in [4.78, 5) is 36.0. The van der Waals surface area contributed by atoms with Crippen LogP contribution < -0.4 is 11.1 Å². The molecule has 0 radical (unpaired) electrons. The Kier molecular flexibility index (Phi) is 9.36. The molecule has 4 N–H and O–H groups in total. The van der Waals surface area contributed by atoms with Gasteiger partial charge in [0.1, 0.15) is 18.2 Å². The molecule has 11 heteroatoms.